The first-order valence-electron chi connectivity index (χ1n) is 11.9. The summed E-state index contributed by atoms with van der Waals surface area (Å²) in [5, 5.41) is 9.89. The minimum Gasteiger partial charge on any atom is -0.481 e. The van der Waals surface area contributed by atoms with Crippen LogP contribution in [-0.4, -0.2) is 45.1 Å². The number of benzene rings is 2. The van der Waals surface area contributed by atoms with Crippen molar-refractivity contribution in [1.29, 1.82) is 0 Å². The number of carboxylic acid groups (broad SMARTS) is 1. The lowest BCUT2D eigenvalue weighted by Gasteiger charge is -2.62. The highest BCUT2D eigenvalue weighted by Crippen LogP contribution is 2.56. The maximum Gasteiger partial charge on any atom is 0.330 e. The molecule has 1 saturated heterocycles. The van der Waals surface area contributed by atoms with Crippen molar-refractivity contribution in [3.63, 3.8) is 0 Å². The van der Waals surface area contributed by atoms with E-state index in [1.807, 2.05) is 64.1 Å². The Kier molecular flexibility index (Phi) is 7.64. The lowest BCUT2D eigenvalue weighted by molar-refractivity contribution is -0.241. The number of carboxylic acids is 1. The van der Waals surface area contributed by atoms with Gasteiger partial charge in [-0.1, -0.05) is 69.3 Å². The highest BCUT2D eigenvalue weighted by molar-refractivity contribution is 6.05. The van der Waals surface area contributed by atoms with Crippen LogP contribution >= 0.6 is 0 Å². The first-order chi connectivity index (χ1) is 16.3. The Labute approximate surface area is 201 Å². The van der Waals surface area contributed by atoms with Crippen molar-refractivity contribution in [2.75, 3.05) is 6.54 Å². The molecular formula is C27H34N2O5. The fraction of sp³-hybridized carbons (Fsp3) is 0.444. The number of imide groups is 1. The fourth-order valence-electron chi connectivity index (χ4n) is 5.10. The van der Waals surface area contributed by atoms with Gasteiger partial charge in [0, 0.05) is 6.54 Å². The van der Waals surface area contributed by atoms with Crippen LogP contribution in [0, 0.1) is 5.41 Å². The molecule has 1 aliphatic rings. The molecule has 0 spiro atoms. The Balaban J connectivity index is 2.10. The van der Waals surface area contributed by atoms with Crippen LogP contribution in [-0.2, 0) is 9.59 Å². The number of aliphatic carboxylic acids is 1. The largest absolute Gasteiger partial charge is 0.481 e. The van der Waals surface area contributed by atoms with Crippen LogP contribution in [0.4, 0.5) is 4.79 Å². The second-order valence-electron chi connectivity index (χ2n) is 8.76. The van der Waals surface area contributed by atoms with Gasteiger partial charge < -0.3 is 14.7 Å². The van der Waals surface area contributed by atoms with Gasteiger partial charge in [0.1, 0.15) is 17.6 Å². The van der Waals surface area contributed by atoms with E-state index in [1.54, 1.807) is 29.2 Å². The molecule has 2 aromatic rings. The molecule has 0 radical (unpaired) electrons. The monoisotopic (exact) mass is 466 g/mol. The Bertz CT molecular complexity index is 1010. The quantitative estimate of drug-likeness (QED) is 0.469. The van der Waals surface area contributed by atoms with Crippen LogP contribution in [0.3, 0.4) is 0 Å². The van der Waals surface area contributed by atoms with E-state index in [-0.39, 0.29) is 11.9 Å². The highest BCUT2D eigenvalue weighted by Gasteiger charge is 2.75. The average molecular weight is 467 g/mol. The number of urea groups is 1. The molecule has 0 unspecified atom stereocenters. The van der Waals surface area contributed by atoms with E-state index in [9.17, 15) is 19.5 Å². The van der Waals surface area contributed by atoms with Crippen molar-refractivity contribution in [2.45, 2.75) is 65.1 Å². The van der Waals surface area contributed by atoms with Gasteiger partial charge in [-0.3, -0.25) is 9.59 Å². The van der Waals surface area contributed by atoms with E-state index in [0.717, 1.165) is 10.5 Å². The zero-order valence-corrected chi connectivity index (χ0v) is 20.4. The Morgan fingerprint density at radius 1 is 1.00 bits per heavy atom. The van der Waals surface area contributed by atoms with E-state index in [4.69, 9.17) is 4.74 Å². The summed E-state index contributed by atoms with van der Waals surface area (Å²) in [5.41, 5.74) is -1.81. The molecule has 0 aliphatic carbocycles. The second kappa shape index (κ2) is 10.3. The normalized spacial score (nSPS) is 19.8. The molecule has 3 amide bonds. The number of hydrogen-bond donors (Lipinski definition) is 1. The molecule has 1 N–H and O–H groups in total. The number of para-hydroxylation sites is 1. The van der Waals surface area contributed by atoms with Gasteiger partial charge in [0.15, 0.2) is 0 Å². The molecule has 2 aromatic carbocycles. The summed E-state index contributed by atoms with van der Waals surface area (Å²) in [5.74, 6) is -1.11. The van der Waals surface area contributed by atoms with Gasteiger partial charge in [0.2, 0.25) is 11.6 Å². The summed E-state index contributed by atoms with van der Waals surface area (Å²) in [6, 6.07) is 17.5. The van der Waals surface area contributed by atoms with Gasteiger partial charge in [-0.25, -0.2) is 9.69 Å². The number of likely N-dealkylation sites (tertiary alicyclic amines) is 1. The molecule has 1 aliphatic heterocycles. The van der Waals surface area contributed by atoms with E-state index < -0.39 is 29.6 Å². The molecule has 0 saturated carbocycles. The predicted octanol–water partition coefficient (Wildman–Crippen LogP) is 5.48. The second-order valence-corrected chi connectivity index (χ2v) is 8.76. The van der Waals surface area contributed by atoms with Crippen LogP contribution < -0.4 is 4.74 Å². The van der Waals surface area contributed by atoms with Crippen molar-refractivity contribution in [2.24, 2.45) is 5.41 Å². The topological polar surface area (TPSA) is 87.2 Å². The van der Waals surface area contributed by atoms with Crippen LogP contribution in [0.1, 0.15) is 65.0 Å². The number of hydrogen-bond acceptors (Lipinski definition) is 4. The maximum atomic E-state index is 14.0. The van der Waals surface area contributed by atoms with Crippen molar-refractivity contribution in [1.82, 2.24) is 9.80 Å². The van der Waals surface area contributed by atoms with Gasteiger partial charge >= 0.3 is 12.0 Å². The minimum absolute atomic E-state index is 0.307. The predicted molar refractivity (Wildman–Crippen MR) is 129 cm³/mol. The van der Waals surface area contributed by atoms with Crippen molar-refractivity contribution in [3.05, 3.63) is 66.2 Å². The molecule has 7 heteroatoms. The number of carbonyl (C=O) groups excluding carboxylic acids is 2. The summed E-state index contributed by atoms with van der Waals surface area (Å²) < 4.78 is 6.34. The maximum absolute atomic E-state index is 14.0. The summed E-state index contributed by atoms with van der Waals surface area (Å²) in [6.45, 7) is 7.97. The summed E-state index contributed by atoms with van der Waals surface area (Å²) in [6.07, 6.45) is 0.895. The van der Waals surface area contributed by atoms with Gasteiger partial charge in [0.25, 0.3) is 0 Å². The highest BCUT2D eigenvalue weighted by atomic mass is 16.5. The van der Waals surface area contributed by atoms with Gasteiger partial charge in [-0.2, -0.15) is 0 Å². The zero-order chi connectivity index (χ0) is 24.9. The molecule has 0 aromatic heterocycles. The van der Waals surface area contributed by atoms with Crippen LogP contribution in [0.15, 0.2) is 60.7 Å². The third-order valence-electron chi connectivity index (χ3n) is 7.00. The molecule has 34 heavy (non-hydrogen) atoms. The number of β-lactam (4-membered cyclic amide) rings is 1. The summed E-state index contributed by atoms with van der Waals surface area (Å²) >= 11 is 0. The standard InChI is InChI=1S/C27H34N2O5/c1-5-18-28(20(4)21-14-10-8-11-15-21)25(33)29-24(32)26(6-2,7-3)27(29,19-23(30)31)34-22-16-12-9-13-17-22/h8-17,20H,5-7,18-19H2,1-4H3,(H,30,31)/t20-,27+/m1/s1. The Hall–Kier alpha value is -3.35. The number of rotatable bonds is 10. The van der Waals surface area contributed by atoms with Gasteiger partial charge in [-0.15, -0.1) is 0 Å². The van der Waals surface area contributed by atoms with E-state index in [0.29, 0.717) is 31.6 Å². The molecule has 0 bridgehead atoms. The lowest BCUT2D eigenvalue weighted by Crippen LogP contribution is -2.82. The van der Waals surface area contributed by atoms with Crippen molar-refractivity contribution in [3.8, 4) is 5.75 Å². The Morgan fingerprint density at radius 3 is 2.06 bits per heavy atom. The zero-order valence-electron chi connectivity index (χ0n) is 20.4. The third-order valence-corrected chi connectivity index (χ3v) is 7.00. The van der Waals surface area contributed by atoms with Crippen LogP contribution in [0.5, 0.6) is 5.75 Å². The first kappa shape index (κ1) is 25.3. The number of carbonyl (C=O) groups is 3. The van der Waals surface area contributed by atoms with Gasteiger partial charge in [-0.05, 0) is 43.9 Å². The number of nitrogens with zero attached hydrogens (tertiary/aromatic N) is 2. The molecule has 2 atom stereocenters. The number of amides is 3. The van der Waals surface area contributed by atoms with Crippen molar-refractivity contribution >= 4 is 17.9 Å². The minimum atomic E-state index is -1.62. The van der Waals surface area contributed by atoms with Crippen LogP contribution in [0.25, 0.3) is 0 Å². The average Bonchev–Trinajstić information content (AvgIpc) is 2.83. The molecule has 3 rings (SSSR count). The SMILES string of the molecule is CCCN(C(=O)N1C(=O)C(CC)(CC)[C@]1(CC(=O)O)Oc1ccccc1)[C@H](C)c1ccccc1. The van der Waals surface area contributed by atoms with Crippen molar-refractivity contribution < 1.29 is 24.2 Å². The summed E-state index contributed by atoms with van der Waals surface area (Å²) in [7, 11) is 0. The number of ether oxygens (including phenoxy) is 1. The fourth-order valence-corrected chi connectivity index (χ4v) is 5.10. The molecular weight excluding hydrogens is 432 g/mol. The lowest BCUT2D eigenvalue weighted by atomic mass is 9.62. The van der Waals surface area contributed by atoms with E-state index in [1.165, 1.54) is 0 Å². The van der Waals surface area contributed by atoms with Gasteiger partial charge in [0.05, 0.1) is 6.04 Å². The first-order valence-corrected chi connectivity index (χ1v) is 11.9. The third kappa shape index (κ3) is 4.15. The van der Waals surface area contributed by atoms with Crippen LogP contribution in [0.2, 0.25) is 0 Å². The molecule has 1 fully saturated rings. The van der Waals surface area contributed by atoms with E-state index in [2.05, 4.69) is 0 Å². The Morgan fingerprint density at radius 2 is 1.56 bits per heavy atom. The molecule has 1 heterocycles. The molecule has 182 valence electrons. The summed E-state index contributed by atoms with van der Waals surface area (Å²) in [4.78, 5) is 42.5. The molecule has 7 nitrogen and oxygen atoms in total. The van der Waals surface area contributed by atoms with E-state index >= 15 is 0 Å². The smallest absolute Gasteiger partial charge is 0.330 e.